The highest BCUT2D eigenvalue weighted by Crippen LogP contribution is 2.13. The van der Waals surface area contributed by atoms with E-state index in [-0.39, 0.29) is 0 Å². The lowest BCUT2D eigenvalue weighted by Gasteiger charge is -2.10. The Labute approximate surface area is 123 Å². The molecule has 0 bridgehead atoms. The first-order valence-electron chi connectivity index (χ1n) is 7.12. The van der Waals surface area contributed by atoms with Crippen molar-refractivity contribution in [3.8, 4) is 5.75 Å². The second-order valence-corrected chi connectivity index (χ2v) is 4.07. The number of ether oxygens (including phenoxy) is 1. The van der Waals surface area contributed by atoms with Gasteiger partial charge in [-0.15, -0.1) is 5.11 Å². The largest absolute Gasteiger partial charge is 0.497 e. The van der Waals surface area contributed by atoms with Gasteiger partial charge in [0, 0.05) is 19.8 Å². The SMILES string of the molecule is C=CN=NN(C)CCCCc1ccc(OC)cc1.CC. The second-order valence-electron chi connectivity index (χ2n) is 4.07. The van der Waals surface area contributed by atoms with Gasteiger partial charge in [-0.25, -0.2) is 0 Å². The van der Waals surface area contributed by atoms with Crippen molar-refractivity contribution in [2.75, 3.05) is 20.7 Å². The molecule has 0 N–H and O–H groups in total. The van der Waals surface area contributed by atoms with Crippen LogP contribution in [0.1, 0.15) is 32.3 Å². The number of benzene rings is 1. The molecule has 0 aliphatic rings. The van der Waals surface area contributed by atoms with Gasteiger partial charge < -0.3 is 4.74 Å². The molecule has 0 atom stereocenters. The van der Waals surface area contributed by atoms with Crippen molar-refractivity contribution >= 4 is 0 Å². The average molecular weight is 277 g/mol. The summed E-state index contributed by atoms with van der Waals surface area (Å²) in [7, 11) is 3.60. The summed E-state index contributed by atoms with van der Waals surface area (Å²) >= 11 is 0. The summed E-state index contributed by atoms with van der Waals surface area (Å²) in [5.41, 5.74) is 1.34. The monoisotopic (exact) mass is 277 g/mol. The van der Waals surface area contributed by atoms with Crippen LogP contribution in [0.4, 0.5) is 0 Å². The average Bonchev–Trinajstić information content (AvgIpc) is 2.52. The molecule has 0 heterocycles. The molecule has 4 heteroatoms. The number of rotatable bonds is 8. The van der Waals surface area contributed by atoms with Crippen molar-refractivity contribution in [1.82, 2.24) is 5.01 Å². The van der Waals surface area contributed by atoms with Gasteiger partial charge in [0.2, 0.25) is 0 Å². The third-order valence-electron chi connectivity index (χ3n) is 2.64. The van der Waals surface area contributed by atoms with E-state index in [1.807, 2.05) is 38.0 Å². The van der Waals surface area contributed by atoms with Gasteiger partial charge in [0.15, 0.2) is 0 Å². The molecule has 0 unspecified atom stereocenters. The Morgan fingerprint density at radius 1 is 1.20 bits per heavy atom. The van der Waals surface area contributed by atoms with E-state index in [1.165, 1.54) is 11.8 Å². The summed E-state index contributed by atoms with van der Waals surface area (Å²) in [6, 6.07) is 8.22. The lowest BCUT2D eigenvalue weighted by molar-refractivity contribution is 0.323. The van der Waals surface area contributed by atoms with E-state index >= 15 is 0 Å². The molecule has 0 aliphatic heterocycles. The predicted octanol–water partition coefficient (Wildman–Crippen LogP) is 4.49. The van der Waals surface area contributed by atoms with Crippen LogP contribution in [-0.2, 0) is 6.42 Å². The van der Waals surface area contributed by atoms with Crippen LogP contribution in [0.15, 0.2) is 47.4 Å². The van der Waals surface area contributed by atoms with Gasteiger partial charge in [0.05, 0.1) is 7.11 Å². The molecule has 1 rings (SSSR count). The number of unbranched alkanes of at least 4 members (excludes halogenated alkanes) is 1. The van der Waals surface area contributed by atoms with Crippen molar-refractivity contribution < 1.29 is 4.74 Å². The fourth-order valence-electron chi connectivity index (χ4n) is 1.63. The molecule has 112 valence electrons. The van der Waals surface area contributed by atoms with Crippen LogP contribution in [0, 0.1) is 0 Å². The first-order valence-corrected chi connectivity index (χ1v) is 7.12. The van der Waals surface area contributed by atoms with Crippen molar-refractivity contribution in [2.45, 2.75) is 33.1 Å². The molecule has 1 aromatic carbocycles. The van der Waals surface area contributed by atoms with Crippen LogP contribution < -0.4 is 4.74 Å². The molecular formula is C16H27N3O. The summed E-state index contributed by atoms with van der Waals surface area (Å²) in [5.74, 6) is 0.906. The Balaban J connectivity index is 0.00000172. The molecule has 4 nitrogen and oxygen atoms in total. The Bertz CT molecular complexity index is 374. The molecule has 1 aromatic rings. The maximum absolute atomic E-state index is 5.13. The minimum Gasteiger partial charge on any atom is -0.497 e. The van der Waals surface area contributed by atoms with Crippen LogP contribution >= 0.6 is 0 Å². The van der Waals surface area contributed by atoms with Crippen molar-refractivity contribution in [3.05, 3.63) is 42.6 Å². The highest BCUT2D eigenvalue weighted by atomic mass is 16.5. The summed E-state index contributed by atoms with van der Waals surface area (Å²) in [6.07, 6.45) is 4.75. The van der Waals surface area contributed by atoms with E-state index in [9.17, 15) is 0 Å². The van der Waals surface area contributed by atoms with E-state index < -0.39 is 0 Å². The zero-order valence-corrected chi connectivity index (χ0v) is 13.2. The molecule has 0 saturated carbocycles. The second kappa shape index (κ2) is 12.2. The van der Waals surface area contributed by atoms with Crippen LogP contribution in [-0.4, -0.2) is 25.7 Å². The first kappa shape index (κ1) is 18.2. The smallest absolute Gasteiger partial charge is 0.118 e. The van der Waals surface area contributed by atoms with Gasteiger partial charge in [-0.2, -0.15) is 0 Å². The fraction of sp³-hybridized carbons (Fsp3) is 0.500. The van der Waals surface area contributed by atoms with E-state index in [0.717, 1.165) is 31.6 Å². The molecule has 0 saturated heterocycles. The lowest BCUT2D eigenvalue weighted by atomic mass is 10.1. The van der Waals surface area contributed by atoms with E-state index in [2.05, 4.69) is 29.0 Å². The molecule has 0 amide bonds. The summed E-state index contributed by atoms with van der Waals surface area (Å²) in [4.78, 5) is 0. The number of aryl methyl sites for hydroxylation is 1. The molecule has 20 heavy (non-hydrogen) atoms. The third kappa shape index (κ3) is 8.29. The number of hydrogen-bond donors (Lipinski definition) is 0. The maximum Gasteiger partial charge on any atom is 0.118 e. The Hall–Kier alpha value is -1.84. The number of nitrogens with zero attached hydrogens (tertiary/aromatic N) is 3. The predicted molar refractivity (Wildman–Crippen MR) is 85.0 cm³/mol. The van der Waals surface area contributed by atoms with E-state index in [1.54, 1.807) is 7.11 Å². The highest BCUT2D eigenvalue weighted by Gasteiger charge is 1.97. The standard InChI is InChI=1S/C14H21N3O.C2H6/c1-4-15-16-17(2)12-6-5-7-13-8-10-14(18-3)11-9-13;1-2/h4,8-11H,1,5-7,12H2,2-3H3;1-2H3. The Morgan fingerprint density at radius 3 is 2.40 bits per heavy atom. The third-order valence-corrected chi connectivity index (χ3v) is 2.64. The minimum atomic E-state index is 0.906. The summed E-state index contributed by atoms with van der Waals surface area (Å²) in [6.45, 7) is 8.40. The van der Waals surface area contributed by atoms with Gasteiger partial charge in [0.25, 0.3) is 0 Å². The van der Waals surface area contributed by atoms with Gasteiger partial charge in [-0.05, 0) is 37.0 Å². The van der Waals surface area contributed by atoms with Crippen molar-refractivity contribution in [1.29, 1.82) is 0 Å². The quantitative estimate of drug-likeness (QED) is 0.399. The lowest BCUT2D eigenvalue weighted by Crippen LogP contribution is -2.11. The van der Waals surface area contributed by atoms with Crippen LogP contribution in [0.3, 0.4) is 0 Å². The van der Waals surface area contributed by atoms with Crippen LogP contribution in [0.25, 0.3) is 0 Å². The van der Waals surface area contributed by atoms with Gasteiger partial charge in [-0.3, -0.25) is 5.01 Å². The molecule has 0 spiro atoms. The minimum absolute atomic E-state index is 0.906. The number of methoxy groups -OCH3 is 1. The normalized spacial score (nSPS) is 9.80. The van der Waals surface area contributed by atoms with Crippen molar-refractivity contribution in [3.63, 3.8) is 0 Å². The maximum atomic E-state index is 5.13. The summed E-state index contributed by atoms with van der Waals surface area (Å²) < 4.78 is 5.13. The molecule has 0 radical (unpaired) electrons. The molecule has 0 aliphatic carbocycles. The van der Waals surface area contributed by atoms with Crippen LogP contribution in [0.5, 0.6) is 5.75 Å². The summed E-state index contributed by atoms with van der Waals surface area (Å²) in [5, 5.41) is 9.49. The topological polar surface area (TPSA) is 37.2 Å². The highest BCUT2D eigenvalue weighted by molar-refractivity contribution is 5.27. The van der Waals surface area contributed by atoms with Gasteiger partial charge in [0.1, 0.15) is 5.75 Å². The zero-order valence-electron chi connectivity index (χ0n) is 13.2. The van der Waals surface area contributed by atoms with E-state index in [4.69, 9.17) is 4.74 Å². The Morgan fingerprint density at radius 2 is 1.85 bits per heavy atom. The molecular weight excluding hydrogens is 250 g/mol. The van der Waals surface area contributed by atoms with Gasteiger partial charge >= 0.3 is 0 Å². The molecule has 0 fully saturated rings. The fourth-order valence-corrected chi connectivity index (χ4v) is 1.63. The Kier molecular flexibility index (Phi) is 11.1. The zero-order chi connectivity index (χ0) is 15.2. The first-order chi connectivity index (χ1) is 9.76. The van der Waals surface area contributed by atoms with Gasteiger partial charge in [-0.1, -0.05) is 37.8 Å². The van der Waals surface area contributed by atoms with Crippen molar-refractivity contribution in [2.24, 2.45) is 10.3 Å². The van der Waals surface area contributed by atoms with E-state index in [0.29, 0.717) is 0 Å². The molecule has 0 aromatic heterocycles. The van der Waals surface area contributed by atoms with Crippen LogP contribution in [0.2, 0.25) is 0 Å². The number of hydrogen-bond acceptors (Lipinski definition) is 3.